The molecular weight excluding hydrogens is 269 g/mol. The molecule has 1 aromatic carbocycles. The van der Waals surface area contributed by atoms with Gasteiger partial charge in [-0.15, -0.1) is 0 Å². The Balaban J connectivity index is 2.12. The Hall–Kier alpha value is -0.410. The molecule has 1 atom stereocenters. The van der Waals surface area contributed by atoms with Crippen LogP contribution in [0, 0.1) is 18.2 Å². The number of rotatable bonds is 2. The maximum atomic E-state index is 13.3. The second kappa shape index (κ2) is 5.30. The summed E-state index contributed by atoms with van der Waals surface area (Å²) >= 11 is 8.05. The van der Waals surface area contributed by atoms with Gasteiger partial charge in [0, 0.05) is 11.8 Å². The Morgan fingerprint density at radius 2 is 2.17 bits per heavy atom. The minimum atomic E-state index is -0.246. The van der Waals surface area contributed by atoms with E-state index in [-0.39, 0.29) is 5.82 Å². The van der Waals surface area contributed by atoms with Gasteiger partial charge in [0.2, 0.25) is 0 Å². The zero-order valence-electron chi connectivity index (χ0n) is 11.0. The first kappa shape index (κ1) is 14.0. The summed E-state index contributed by atoms with van der Waals surface area (Å²) in [5, 5.41) is 3.92. The molecule has 1 nitrogen and oxygen atoms in total. The molecule has 1 heterocycles. The minimum Gasteiger partial charge on any atom is -0.380 e. The lowest BCUT2D eigenvalue weighted by atomic mass is 9.88. The molecule has 1 N–H and O–H groups in total. The Bertz CT molecular complexity index is 448. The summed E-state index contributed by atoms with van der Waals surface area (Å²) in [6.07, 6.45) is 1.12. The van der Waals surface area contributed by atoms with Crippen LogP contribution in [0.5, 0.6) is 0 Å². The molecule has 1 saturated heterocycles. The molecule has 0 aromatic heterocycles. The van der Waals surface area contributed by atoms with Crippen LogP contribution < -0.4 is 5.32 Å². The molecule has 0 spiro atoms. The van der Waals surface area contributed by atoms with Crippen molar-refractivity contribution in [1.82, 2.24) is 0 Å². The Morgan fingerprint density at radius 3 is 2.83 bits per heavy atom. The van der Waals surface area contributed by atoms with Crippen LogP contribution in [0.4, 0.5) is 10.1 Å². The van der Waals surface area contributed by atoms with Gasteiger partial charge in [-0.05, 0) is 42.2 Å². The van der Waals surface area contributed by atoms with Gasteiger partial charge < -0.3 is 5.32 Å². The standard InChI is InChI=1S/C14H19ClFNS/c1-9-4-13(11(15)5-12(9)16)17-10-6-14(2,3)8-18-7-10/h4-5,10,17H,6-8H2,1-3H3. The van der Waals surface area contributed by atoms with E-state index >= 15 is 0 Å². The van der Waals surface area contributed by atoms with Crippen LogP contribution in [-0.2, 0) is 0 Å². The fourth-order valence-corrected chi connectivity index (χ4v) is 3.82. The Kier molecular flexibility index (Phi) is 4.12. The van der Waals surface area contributed by atoms with E-state index < -0.39 is 0 Å². The second-order valence-corrected chi connectivity index (χ2v) is 7.24. The highest BCUT2D eigenvalue weighted by atomic mass is 35.5. The largest absolute Gasteiger partial charge is 0.380 e. The van der Waals surface area contributed by atoms with E-state index in [2.05, 4.69) is 19.2 Å². The summed E-state index contributed by atoms with van der Waals surface area (Å²) < 4.78 is 13.3. The highest BCUT2D eigenvalue weighted by Gasteiger charge is 2.28. The molecular formula is C14H19ClFNS. The second-order valence-electron chi connectivity index (χ2n) is 5.81. The van der Waals surface area contributed by atoms with Gasteiger partial charge in [-0.2, -0.15) is 11.8 Å². The van der Waals surface area contributed by atoms with Gasteiger partial charge in [0.05, 0.1) is 10.7 Å². The molecule has 0 radical (unpaired) electrons. The molecule has 1 unspecified atom stereocenters. The first-order chi connectivity index (χ1) is 8.37. The predicted octanol–water partition coefficient (Wildman–Crippen LogP) is 4.73. The normalized spacial score (nSPS) is 22.8. The third-order valence-corrected chi connectivity index (χ3v) is 5.16. The summed E-state index contributed by atoms with van der Waals surface area (Å²) in [6.45, 7) is 6.33. The summed E-state index contributed by atoms with van der Waals surface area (Å²) in [5.74, 6) is 2.03. The molecule has 1 fully saturated rings. The molecule has 100 valence electrons. The van der Waals surface area contributed by atoms with Crippen molar-refractivity contribution in [3.63, 3.8) is 0 Å². The molecule has 1 aromatic rings. The summed E-state index contributed by atoms with van der Waals surface area (Å²) in [5.41, 5.74) is 1.82. The topological polar surface area (TPSA) is 12.0 Å². The van der Waals surface area contributed by atoms with Gasteiger partial charge in [0.25, 0.3) is 0 Å². The molecule has 1 aliphatic rings. The van der Waals surface area contributed by atoms with Gasteiger partial charge in [-0.1, -0.05) is 25.4 Å². The zero-order chi connectivity index (χ0) is 13.3. The van der Waals surface area contributed by atoms with Crippen molar-refractivity contribution in [1.29, 1.82) is 0 Å². The third kappa shape index (κ3) is 3.33. The summed E-state index contributed by atoms with van der Waals surface area (Å²) in [6, 6.07) is 3.59. The van der Waals surface area contributed by atoms with Crippen molar-refractivity contribution in [2.24, 2.45) is 5.41 Å². The van der Waals surface area contributed by atoms with E-state index in [0.717, 1.165) is 17.9 Å². The van der Waals surface area contributed by atoms with E-state index in [1.54, 1.807) is 13.0 Å². The van der Waals surface area contributed by atoms with Gasteiger partial charge in [-0.3, -0.25) is 0 Å². The number of aryl methyl sites for hydroxylation is 1. The van der Waals surface area contributed by atoms with Gasteiger partial charge in [-0.25, -0.2) is 4.39 Å². The number of nitrogens with one attached hydrogen (secondary N) is 1. The SMILES string of the molecule is Cc1cc(NC2CSCC(C)(C)C2)c(Cl)cc1F. The van der Waals surface area contributed by atoms with E-state index in [1.807, 2.05) is 11.8 Å². The fourth-order valence-electron chi connectivity index (χ4n) is 2.34. The van der Waals surface area contributed by atoms with Crippen LogP contribution in [0.15, 0.2) is 12.1 Å². The number of benzene rings is 1. The molecule has 1 aliphatic heterocycles. The van der Waals surface area contributed by atoms with Crippen molar-refractivity contribution >= 4 is 29.1 Å². The quantitative estimate of drug-likeness (QED) is 0.844. The molecule has 18 heavy (non-hydrogen) atoms. The van der Waals surface area contributed by atoms with Crippen molar-refractivity contribution in [3.8, 4) is 0 Å². The maximum Gasteiger partial charge on any atom is 0.127 e. The van der Waals surface area contributed by atoms with Gasteiger partial charge in [0.15, 0.2) is 0 Å². The minimum absolute atomic E-state index is 0.246. The van der Waals surface area contributed by atoms with Crippen LogP contribution in [0.25, 0.3) is 0 Å². The van der Waals surface area contributed by atoms with E-state index in [0.29, 0.717) is 22.0 Å². The Morgan fingerprint density at radius 1 is 1.44 bits per heavy atom. The van der Waals surface area contributed by atoms with Gasteiger partial charge in [0.1, 0.15) is 5.82 Å². The van der Waals surface area contributed by atoms with Crippen molar-refractivity contribution < 1.29 is 4.39 Å². The lowest BCUT2D eigenvalue weighted by Gasteiger charge is -2.35. The highest BCUT2D eigenvalue weighted by Crippen LogP contribution is 2.36. The average Bonchev–Trinajstić information content (AvgIpc) is 2.24. The van der Waals surface area contributed by atoms with E-state index in [4.69, 9.17) is 11.6 Å². The first-order valence-electron chi connectivity index (χ1n) is 6.17. The monoisotopic (exact) mass is 287 g/mol. The number of halogens is 2. The zero-order valence-corrected chi connectivity index (χ0v) is 12.6. The smallest absolute Gasteiger partial charge is 0.127 e. The fraction of sp³-hybridized carbons (Fsp3) is 0.571. The lowest BCUT2D eigenvalue weighted by Crippen LogP contribution is -2.35. The van der Waals surface area contributed by atoms with Crippen molar-refractivity contribution in [3.05, 3.63) is 28.5 Å². The number of thioether (sulfide) groups is 1. The molecule has 0 aliphatic carbocycles. The van der Waals surface area contributed by atoms with Crippen LogP contribution >= 0.6 is 23.4 Å². The third-order valence-electron chi connectivity index (χ3n) is 3.22. The van der Waals surface area contributed by atoms with Crippen LogP contribution in [0.3, 0.4) is 0 Å². The summed E-state index contributed by atoms with van der Waals surface area (Å²) in [7, 11) is 0. The molecule has 0 bridgehead atoms. The number of anilines is 1. The van der Waals surface area contributed by atoms with Crippen LogP contribution in [0.2, 0.25) is 5.02 Å². The average molecular weight is 288 g/mol. The molecule has 4 heteroatoms. The van der Waals surface area contributed by atoms with E-state index in [1.165, 1.54) is 11.8 Å². The predicted molar refractivity (Wildman–Crippen MR) is 79.3 cm³/mol. The number of hydrogen-bond acceptors (Lipinski definition) is 2. The lowest BCUT2D eigenvalue weighted by molar-refractivity contribution is 0.358. The molecule has 0 saturated carbocycles. The maximum absolute atomic E-state index is 13.3. The first-order valence-corrected chi connectivity index (χ1v) is 7.70. The Labute approximate surface area is 117 Å². The van der Waals surface area contributed by atoms with Gasteiger partial charge >= 0.3 is 0 Å². The number of hydrogen-bond donors (Lipinski definition) is 1. The highest BCUT2D eigenvalue weighted by molar-refractivity contribution is 7.99. The summed E-state index contributed by atoms with van der Waals surface area (Å²) in [4.78, 5) is 0. The van der Waals surface area contributed by atoms with Crippen molar-refractivity contribution in [2.45, 2.75) is 33.2 Å². The molecule has 2 rings (SSSR count). The molecule has 0 amide bonds. The van der Waals surface area contributed by atoms with Crippen molar-refractivity contribution in [2.75, 3.05) is 16.8 Å². The van der Waals surface area contributed by atoms with E-state index in [9.17, 15) is 4.39 Å². The van der Waals surface area contributed by atoms with Crippen LogP contribution in [-0.4, -0.2) is 17.5 Å². The van der Waals surface area contributed by atoms with Crippen LogP contribution in [0.1, 0.15) is 25.8 Å².